The zero-order valence-electron chi connectivity index (χ0n) is 7.64. The molecule has 0 fully saturated rings. The minimum Gasteiger partial charge on any atom is -0.268 e. The van der Waals surface area contributed by atoms with Gasteiger partial charge >= 0.3 is 0 Å². The van der Waals surface area contributed by atoms with Gasteiger partial charge in [0, 0.05) is 11.5 Å². The lowest BCUT2D eigenvalue weighted by Crippen LogP contribution is -1.99. The van der Waals surface area contributed by atoms with Crippen LogP contribution < -0.4 is 5.56 Å². The molecular weight excluding hydrogens is 192 g/mol. The zero-order chi connectivity index (χ0) is 10.3. The summed E-state index contributed by atoms with van der Waals surface area (Å²) in [6.07, 6.45) is 1.48. The van der Waals surface area contributed by atoms with Gasteiger partial charge in [0.25, 0.3) is 5.56 Å². The lowest BCUT2D eigenvalue weighted by Gasteiger charge is -1.90. The van der Waals surface area contributed by atoms with Gasteiger partial charge in [0.05, 0.1) is 5.52 Å². The van der Waals surface area contributed by atoms with Gasteiger partial charge in [-0.15, -0.1) is 0 Å². The molecule has 15 heavy (non-hydrogen) atoms. The second kappa shape index (κ2) is 2.84. The normalized spacial score (nSPS) is 10.9. The Morgan fingerprint density at radius 1 is 1.00 bits per heavy atom. The fourth-order valence-electron chi connectivity index (χ4n) is 1.53. The van der Waals surface area contributed by atoms with Crippen LogP contribution in [0, 0.1) is 0 Å². The molecule has 72 valence electrons. The largest absolute Gasteiger partial charge is 0.268 e. The van der Waals surface area contributed by atoms with E-state index >= 15 is 0 Å². The predicted octanol–water partition coefficient (Wildman–Crippen LogP) is 0.866. The van der Waals surface area contributed by atoms with Crippen LogP contribution >= 0.6 is 0 Å². The maximum Gasteiger partial charge on any atom is 0.264 e. The van der Waals surface area contributed by atoms with Gasteiger partial charge in [-0.2, -0.15) is 5.10 Å². The third-order valence-corrected chi connectivity index (χ3v) is 2.24. The van der Waals surface area contributed by atoms with Gasteiger partial charge in [0.1, 0.15) is 17.4 Å². The molecule has 0 aliphatic heterocycles. The van der Waals surface area contributed by atoms with Crippen molar-refractivity contribution < 1.29 is 0 Å². The topological polar surface area (TPSA) is 71.5 Å². The van der Waals surface area contributed by atoms with E-state index in [1.54, 1.807) is 6.07 Å². The smallest absolute Gasteiger partial charge is 0.264 e. The highest BCUT2D eigenvalue weighted by atomic mass is 16.1. The molecule has 1 N–H and O–H groups in total. The quantitative estimate of drug-likeness (QED) is 0.581. The zero-order valence-corrected chi connectivity index (χ0v) is 7.64. The fourth-order valence-corrected chi connectivity index (χ4v) is 1.53. The van der Waals surface area contributed by atoms with Crippen LogP contribution in [0.15, 0.2) is 35.4 Å². The van der Waals surface area contributed by atoms with Gasteiger partial charge in [-0.25, -0.2) is 15.1 Å². The van der Waals surface area contributed by atoms with Crippen LogP contribution in [0.2, 0.25) is 0 Å². The lowest BCUT2D eigenvalue weighted by molar-refractivity contribution is 1.04. The number of hydrogen-bond donors (Lipinski definition) is 1. The van der Waals surface area contributed by atoms with Crippen LogP contribution in [0.5, 0.6) is 0 Å². The Labute approximate surface area is 83.8 Å². The molecule has 5 heteroatoms. The molecule has 0 radical (unpaired) electrons. The van der Waals surface area contributed by atoms with E-state index in [0.717, 1.165) is 10.9 Å². The summed E-state index contributed by atoms with van der Waals surface area (Å²) in [5.41, 5.74) is 1.91. The van der Waals surface area contributed by atoms with Crippen molar-refractivity contribution in [1.82, 2.24) is 20.2 Å². The number of H-pyrrole nitrogens is 1. The average molecular weight is 198 g/mol. The van der Waals surface area contributed by atoms with Gasteiger partial charge in [0.15, 0.2) is 0 Å². The van der Waals surface area contributed by atoms with Gasteiger partial charge < -0.3 is 0 Å². The second-order valence-corrected chi connectivity index (χ2v) is 3.17. The highest BCUT2D eigenvalue weighted by molar-refractivity contribution is 6.00. The van der Waals surface area contributed by atoms with E-state index in [2.05, 4.69) is 20.2 Å². The first-order valence-electron chi connectivity index (χ1n) is 4.44. The first kappa shape index (κ1) is 8.05. The molecule has 2 aromatic heterocycles. The number of aromatic amines is 1. The number of benzene rings is 1. The Hall–Kier alpha value is -2.30. The van der Waals surface area contributed by atoms with Crippen molar-refractivity contribution in [1.29, 1.82) is 0 Å². The number of fused-ring (bicyclic) bond motifs is 3. The van der Waals surface area contributed by atoms with Crippen molar-refractivity contribution >= 4 is 21.9 Å². The molecule has 0 unspecified atom stereocenters. The molecule has 0 bridgehead atoms. The molecule has 5 nitrogen and oxygen atoms in total. The molecule has 1 aromatic carbocycles. The SMILES string of the molecule is O=c1ccc2ccc3ncnc3c2n[nH]1. The summed E-state index contributed by atoms with van der Waals surface area (Å²) in [4.78, 5) is 19.3. The fraction of sp³-hybridized carbons (Fsp3) is 0. The van der Waals surface area contributed by atoms with Crippen molar-refractivity contribution in [3.8, 4) is 0 Å². The molecule has 0 aliphatic carbocycles. The third kappa shape index (κ3) is 1.17. The van der Waals surface area contributed by atoms with Crippen molar-refractivity contribution in [3.05, 3.63) is 40.9 Å². The minimum atomic E-state index is -0.237. The summed E-state index contributed by atoms with van der Waals surface area (Å²) in [5, 5.41) is 7.28. The minimum absolute atomic E-state index is 0.237. The number of nitrogens with zero attached hydrogens (tertiary/aromatic N) is 3. The average Bonchev–Trinajstić information content (AvgIpc) is 2.64. The first-order chi connectivity index (χ1) is 7.34. The van der Waals surface area contributed by atoms with Crippen molar-refractivity contribution in [3.63, 3.8) is 0 Å². The highest BCUT2D eigenvalue weighted by Gasteiger charge is 2.03. The summed E-state index contributed by atoms with van der Waals surface area (Å²) in [6, 6.07) is 6.89. The molecular formula is C10H6N4O. The van der Waals surface area contributed by atoms with Crippen LogP contribution in [0.25, 0.3) is 21.9 Å². The lowest BCUT2D eigenvalue weighted by atomic mass is 10.2. The van der Waals surface area contributed by atoms with E-state index < -0.39 is 0 Å². The molecule has 0 atom stereocenters. The Balaban J connectivity index is 2.63. The Morgan fingerprint density at radius 2 is 1.87 bits per heavy atom. The van der Waals surface area contributed by atoms with Crippen molar-refractivity contribution in [2.24, 2.45) is 0 Å². The summed E-state index contributed by atoms with van der Waals surface area (Å²) in [5.74, 6) is 0. The van der Waals surface area contributed by atoms with Crippen molar-refractivity contribution in [2.75, 3.05) is 0 Å². The number of nitrogens with one attached hydrogen (secondary N) is 1. The van der Waals surface area contributed by atoms with Crippen LogP contribution in [0.1, 0.15) is 0 Å². The van der Waals surface area contributed by atoms with Crippen LogP contribution in [-0.2, 0) is 0 Å². The van der Waals surface area contributed by atoms with Gasteiger partial charge in [-0.1, -0.05) is 6.07 Å². The van der Waals surface area contributed by atoms with Gasteiger partial charge in [0.2, 0.25) is 0 Å². The molecule has 0 saturated carbocycles. The maximum atomic E-state index is 11.1. The van der Waals surface area contributed by atoms with E-state index in [0.29, 0.717) is 11.0 Å². The van der Waals surface area contributed by atoms with E-state index in [4.69, 9.17) is 0 Å². The summed E-state index contributed by atoms with van der Waals surface area (Å²) < 4.78 is 0. The maximum absolute atomic E-state index is 11.1. The summed E-state index contributed by atoms with van der Waals surface area (Å²) in [6.45, 7) is 0. The summed E-state index contributed by atoms with van der Waals surface area (Å²) >= 11 is 0. The van der Waals surface area contributed by atoms with Gasteiger partial charge in [-0.05, 0) is 12.1 Å². The van der Waals surface area contributed by atoms with E-state index in [9.17, 15) is 4.79 Å². The third-order valence-electron chi connectivity index (χ3n) is 2.24. The molecule has 0 saturated heterocycles. The van der Waals surface area contributed by atoms with E-state index in [1.165, 1.54) is 12.4 Å². The number of rotatable bonds is 0. The highest BCUT2D eigenvalue weighted by Crippen LogP contribution is 2.18. The Kier molecular flexibility index (Phi) is 1.53. The molecule has 3 rings (SSSR count). The van der Waals surface area contributed by atoms with Crippen molar-refractivity contribution in [2.45, 2.75) is 0 Å². The monoisotopic (exact) mass is 198 g/mol. The number of imidazole rings is 1. The van der Waals surface area contributed by atoms with E-state index in [1.807, 2.05) is 12.1 Å². The van der Waals surface area contributed by atoms with E-state index in [-0.39, 0.29) is 5.56 Å². The molecule has 2 heterocycles. The number of hydrogen-bond acceptors (Lipinski definition) is 4. The molecule has 0 amide bonds. The molecule has 0 spiro atoms. The molecule has 0 aliphatic rings. The molecule has 3 aromatic rings. The Bertz CT molecular complexity index is 704. The predicted molar refractivity (Wildman–Crippen MR) is 55.5 cm³/mol. The van der Waals surface area contributed by atoms with Crippen LogP contribution in [0.4, 0.5) is 0 Å². The van der Waals surface area contributed by atoms with Crippen LogP contribution in [-0.4, -0.2) is 20.2 Å². The summed E-state index contributed by atoms with van der Waals surface area (Å²) in [7, 11) is 0. The first-order valence-corrected chi connectivity index (χ1v) is 4.44. The second-order valence-electron chi connectivity index (χ2n) is 3.17. The van der Waals surface area contributed by atoms with Gasteiger partial charge in [-0.3, -0.25) is 4.79 Å². The number of aromatic nitrogens is 4. The standard InChI is InChI=1S/C10H6N4O/c15-8-4-2-6-1-3-7-10(12-5-11-7)9(6)14-13-8/h1-5H,(H,13,15). The van der Waals surface area contributed by atoms with Crippen LogP contribution in [0.3, 0.4) is 0 Å². The Morgan fingerprint density at radius 3 is 2.80 bits per heavy atom.